The Hall–Kier alpha value is -1.40. The normalized spacial score (nSPS) is 10.3. The SMILES string of the molecule is COCn1c(=O)cc(CN)[nH]c1=O. The first-order valence-electron chi connectivity index (χ1n) is 3.71. The van der Waals surface area contributed by atoms with Crippen molar-refractivity contribution in [3.63, 3.8) is 0 Å². The molecular weight excluding hydrogens is 174 g/mol. The molecule has 0 radical (unpaired) electrons. The Morgan fingerprint density at radius 3 is 2.77 bits per heavy atom. The largest absolute Gasteiger partial charge is 0.364 e. The number of nitrogens with zero attached hydrogens (tertiary/aromatic N) is 1. The molecule has 0 saturated carbocycles. The number of rotatable bonds is 3. The van der Waals surface area contributed by atoms with E-state index < -0.39 is 11.2 Å². The summed E-state index contributed by atoms with van der Waals surface area (Å²) in [4.78, 5) is 24.9. The van der Waals surface area contributed by atoms with Crippen molar-refractivity contribution < 1.29 is 4.74 Å². The summed E-state index contributed by atoms with van der Waals surface area (Å²) in [5, 5.41) is 0. The van der Waals surface area contributed by atoms with E-state index in [9.17, 15) is 9.59 Å². The van der Waals surface area contributed by atoms with Gasteiger partial charge in [0.25, 0.3) is 5.56 Å². The standard InChI is InChI=1S/C7H11N3O3/c1-13-4-10-6(11)2-5(3-8)9-7(10)12/h2H,3-4,8H2,1H3,(H,9,12). The van der Waals surface area contributed by atoms with Crippen molar-refractivity contribution in [1.82, 2.24) is 9.55 Å². The maximum atomic E-state index is 11.2. The van der Waals surface area contributed by atoms with E-state index in [0.29, 0.717) is 5.69 Å². The van der Waals surface area contributed by atoms with Gasteiger partial charge >= 0.3 is 5.69 Å². The fourth-order valence-electron chi connectivity index (χ4n) is 0.929. The van der Waals surface area contributed by atoms with Crippen LogP contribution in [-0.4, -0.2) is 16.7 Å². The van der Waals surface area contributed by atoms with Crippen LogP contribution in [0.2, 0.25) is 0 Å². The lowest BCUT2D eigenvalue weighted by Crippen LogP contribution is -2.36. The molecule has 0 fully saturated rings. The second-order valence-corrected chi connectivity index (χ2v) is 2.49. The summed E-state index contributed by atoms with van der Waals surface area (Å²) >= 11 is 0. The number of ether oxygens (including phenoxy) is 1. The molecule has 0 unspecified atom stereocenters. The van der Waals surface area contributed by atoms with E-state index in [0.717, 1.165) is 4.57 Å². The lowest BCUT2D eigenvalue weighted by Gasteiger charge is -2.02. The zero-order valence-electron chi connectivity index (χ0n) is 7.24. The molecule has 0 aliphatic rings. The third kappa shape index (κ3) is 2.04. The highest BCUT2D eigenvalue weighted by atomic mass is 16.5. The predicted molar refractivity (Wildman–Crippen MR) is 46.2 cm³/mol. The van der Waals surface area contributed by atoms with Gasteiger partial charge in [-0.1, -0.05) is 0 Å². The molecule has 0 aromatic carbocycles. The molecule has 1 rings (SSSR count). The summed E-state index contributed by atoms with van der Waals surface area (Å²) < 4.78 is 5.62. The summed E-state index contributed by atoms with van der Waals surface area (Å²) in [6.07, 6.45) is 0. The van der Waals surface area contributed by atoms with Gasteiger partial charge in [0.1, 0.15) is 6.73 Å². The fraction of sp³-hybridized carbons (Fsp3) is 0.429. The highest BCUT2D eigenvalue weighted by Gasteiger charge is 2.01. The third-order valence-electron chi connectivity index (χ3n) is 1.55. The van der Waals surface area contributed by atoms with Crippen LogP contribution in [0.4, 0.5) is 0 Å². The molecule has 0 spiro atoms. The number of nitrogens with two attached hydrogens (primary N) is 1. The Morgan fingerprint density at radius 2 is 2.31 bits per heavy atom. The zero-order chi connectivity index (χ0) is 9.84. The van der Waals surface area contributed by atoms with Crippen molar-refractivity contribution in [3.8, 4) is 0 Å². The maximum Gasteiger partial charge on any atom is 0.330 e. The van der Waals surface area contributed by atoms with E-state index >= 15 is 0 Å². The highest BCUT2D eigenvalue weighted by Crippen LogP contribution is 1.82. The molecule has 0 aliphatic carbocycles. The van der Waals surface area contributed by atoms with Crippen molar-refractivity contribution in [3.05, 3.63) is 32.6 Å². The molecule has 1 aromatic heterocycles. The molecule has 3 N–H and O–H groups in total. The zero-order valence-corrected chi connectivity index (χ0v) is 7.24. The van der Waals surface area contributed by atoms with E-state index in [-0.39, 0.29) is 13.3 Å². The van der Waals surface area contributed by atoms with Crippen LogP contribution in [0, 0.1) is 0 Å². The van der Waals surface area contributed by atoms with Crippen molar-refractivity contribution >= 4 is 0 Å². The molecule has 0 atom stereocenters. The number of aromatic amines is 1. The highest BCUT2D eigenvalue weighted by molar-refractivity contribution is 4.98. The Balaban J connectivity index is 3.24. The van der Waals surface area contributed by atoms with Gasteiger partial charge < -0.3 is 15.5 Å². The number of hydrogen-bond donors (Lipinski definition) is 2. The van der Waals surface area contributed by atoms with Crippen LogP contribution >= 0.6 is 0 Å². The Labute approximate surface area is 74.0 Å². The fourth-order valence-corrected chi connectivity index (χ4v) is 0.929. The number of methoxy groups -OCH3 is 1. The van der Waals surface area contributed by atoms with Gasteiger partial charge in [-0.25, -0.2) is 9.36 Å². The second kappa shape index (κ2) is 4.01. The Bertz CT molecular complexity index is 361. The van der Waals surface area contributed by atoms with Gasteiger partial charge in [0.15, 0.2) is 0 Å². The number of aromatic nitrogens is 2. The molecule has 6 nitrogen and oxygen atoms in total. The quantitative estimate of drug-likeness (QED) is 0.606. The average molecular weight is 185 g/mol. The van der Waals surface area contributed by atoms with E-state index in [2.05, 4.69) is 9.72 Å². The minimum Gasteiger partial charge on any atom is -0.364 e. The molecule has 13 heavy (non-hydrogen) atoms. The summed E-state index contributed by atoms with van der Waals surface area (Å²) in [6, 6.07) is 1.28. The van der Waals surface area contributed by atoms with Crippen LogP contribution < -0.4 is 17.0 Å². The van der Waals surface area contributed by atoms with Crippen LogP contribution in [0.15, 0.2) is 15.7 Å². The third-order valence-corrected chi connectivity index (χ3v) is 1.55. The molecule has 1 heterocycles. The molecule has 0 saturated heterocycles. The lowest BCUT2D eigenvalue weighted by molar-refractivity contribution is 0.124. The molecule has 1 aromatic rings. The summed E-state index contributed by atoms with van der Waals surface area (Å²) in [5.74, 6) is 0. The Kier molecular flexibility index (Phi) is 2.99. The van der Waals surface area contributed by atoms with Crippen molar-refractivity contribution in [2.75, 3.05) is 7.11 Å². The molecular formula is C7H11N3O3. The van der Waals surface area contributed by atoms with Crippen LogP contribution in [0.1, 0.15) is 5.69 Å². The van der Waals surface area contributed by atoms with Gasteiger partial charge in [-0.15, -0.1) is 0 Å². The average Bonchev–Trinajstić information content (AvgIpc) is 2.11. The van der Waals surface area contributed by atoms with Crippen molar-refractivity contribution in [1.29, 1.82) is 0 Å². The van der Waals surface area contributed by atoms with E-state index in [1.165, 1.54) is 13.2 Å². The van der Waals surface area contributed by atoms with Gasteiger partial charge in [0.05, 0.1) is 0 Å². The topological polar surface area (TPSA) is 90.1 Å². The van der Waals surface area contributed by atoms with Crippen LogP contribution in [0.25, 0.3) is 0 Å². The van der Waals surface area contributed by atoms with Crippen molar-refractivity contribution in [2.45, 2.75) is 13.3 Å². The number of hydrogen-bond acceptors (Lipinski definition) is 4. The van der Waals surface area contributed by atoms with Gasteiger partial charge in [-0.2, -0.15) is 0 Å². The summed E-state index contributed by atoms with van der Waals surface area (Å²) in [5.41, 5.74) is 4.77. The van der Waals surface area contributed by atoms with Gasteiger partial charge in [0, 0.05) is 25.4 Å². The van der Waals surface area contributed by atoms with Gasteiger partial charge in [0.2, 0.25) is 0 Å². The van der Waals surface area contributed by atoms with Crippen LogP contribution in [0.3, 0.4) is 0 Å². The lowest BCUT2D eigenvalue weighted by atomic mass is 10.4. The first-order valence-corrected chi connectivity index (χ1v) is 3.71. The first kappa shape index (κ1) is 9.69. The minimum atomic E-state index is -0.505. The monoisotopic (exact) mass is 185 g/mol. The van der Waals surface area contributed by atoms with Gasteiger partial charge in [-0.3, -0.25) is 4.79 Å². The summed E-state index contributed by atoms with van der Waals surface area (Å²) in [7, 11) is 1.41. The second-order valence-electron chi connectivity index (χ2n) is 2.49. The molecule has 0 amide bonds. The van der Waals surface area contributed by atoms with Crippen LogP contribution in [0.5, 0.6) is 0 Å². The van der Waals surface area contributed by atoms with E-state index in [1.807, 2.05) is 0 Å². The smallest absolute Gasteiger partial charge is 0.330 e. The van der Waals surface area contributed by atoms with E-state index in [1.54, 1.807) is 0 Å². The number of H-pyrrole nitrogens is 1. The maximum absolute atomic E-state index is 11.2. The van der Waals surface area contributed by atoms with E-state index in [4.69, 9.17) is 5.73 Å². The molecule has 0 aliphatic heterocycles. The summed E-state index contributed by atoms with van der Waals surface area (Å²) in [6.45, 7) is 0.0807. The molecule has 6 heteroatoms. The minimum absolute atomic E-state index is 0.0565. The Morgan fingerprint density at radius 1 is 1.62 bits per heavy atom. The van der Waals surface area contributed by atoms with Crippen LogP contribution in [-0.2, 0) is 18.0 Å². The molecule has 72 valence electrons. The van der Waals surface area contributed by atoms with Crippen molar-refractivity contribution in [2.24, 2.45) is 5.73 Å². The number of nitrogens with one attached hydrogen (secondary N) is 1. The molecule has 0 bridgehead atoms. The first-order chi connectivity index (χ1) is 6.19. The van der Waals surface area contributed by atoms with Gasteiger partial charge in [-0.05, 0) is 0 Å². The predicted octanol–water partition coefficient (Wildman–Crippen LogP) is -1.40.